The molecule has 0 bridgehead atoms. The number of Topliss-reactive ketones (excluding diaryl/α,β-unsaturated/α-hetero) is 1. The molecule has 0 aliphatic heterocycles. The molecule has 1 aliphatic carbocycles. The van der Waals surface area contributed by atoms with Crippen LogP contribution < -0.4 is 5.32 Å². The van der Waals surface area contributed by atoms with Gasteiger partial charge in [0, 0.05) is 11.6 Å². The molecule has 1 aromatic carbocycles. The third kappa shape index (κ3) is 2.90. The number of benzene rings is 1. The monoisotopic (exact) mass is 203 g/mol. The molecule has 15 heavy (non-hydrogen) atoms. The van der Waals surface area contributed by atoms with Crippen molar-refractivity contribution in [1.82, 2.24) is 5.32 Å². The van der Waals surface area contributed by atoms with Crippen molar-refractivity contribution in [3.8, 4) is 0 Å². The predicted octanol–water partition coefficient (Wildman–Crippen LogP) is 2.40. The Hall–Kier alpha value is -1.15. The minimum atomic E-state index is 0.197. The zero-order valence-electron chi connectivity index (χ0n) is 8.91. The van der Waals surface area contributed by atoms with E-state index in [4.69, 9.17) is 0 Å². The summed E-state index contributed by atoms with van der Waals surface area (Å²) in [6, 6.07) is 10.1. The Balaban J connectivity index is 1.82. The first-order valence-electron chi connectivity index (χ1n) is 5.68. The van der Waals surface area contributed by atoms with E-state index in [1.165, 1.54) is 25.7 Å². The molecule has 80 valence electrons. The first-order valence-corrected chi connectivity index (χ1v) is 5.68. The number of carbonyl (C=O) groups excluding carboxylic acids is 1. The fourth-order valence-electron chi connectivity index (χ4n) is 2.09. The Kier molecular flexibility index (Phi) is 3.51. The molecule has 0 spiro atoms. The standard InChI is InChI=1S/C13H17NO/c15-13(11-6-2-1-3-7-11)10-14-12-8-4-5-9-12/h1-3,6-7,12,14H,4-5,8-10H2. The number of carbonyl (C=O) groups is 1. The lowest BCUT2D eigenvalue weighted by molar-refractivity contribution is 0.0987. The van der Waals surface area contributed by atoms with E-state index in [0.717, 1.165) is 5.56 Å². The highest BCUT2D eigenvalue weighted by atomic mass is 16.1. The van der Waals surface area contributed by atoms with E-state index in [2.05, 4.69) is 5.32 Å². The second kappa shape index (κ2) is 5.08. The van der Waals surface area contributed by atoms with Crippen molar-refractivity contribution >= 4 is 5.78 Å². The molecule has 1 saturated carbocycles. The van der Waals surface area contributed by atoms with Crippen LogP contribution in [0.4, 0.5) is 0 Å². The van der Waals surface area contributed by atoms with Gasteiger partial charge < -0.3 is 5.32 Å². The van der Waals surface area contributed by atoms with Gasteiger partial charge in [-0.3, -0.25) is 4.79 Å². The van der Waals surface area contributed by atoms with Crippen LogP contribution in [0.5, 0.6) is 0 Å². The summed E-state index contributed by atoms with van der Waals surface area (Å²) < 4.78 is 0. The number of hydrogen-bond acceptors (Lipinski definition) is 2. The van der Waals surface area contributed by atoms with E-state index < -0.39 is 0 Å². The van der Waals surface area contributed by atoms with Gasteiger partial charge in [-0.1, -0.05) is 43.2 Å². The van der Waals surface area contributed by atoms with E-state index in [1.54, 1.807) is 0 Å². The van der Waals surface area contributed by atoms with Crippen molar-refractivity contribution in [3.05, 3.63) is 35.9 Å². The van der Waals surface area contributed by atoms with Crippen molar-refractivity contribution in [1.29, 1.82) is 0 Å². The Bertz CT molecular complexity index is 315. The molecule has 2 nitrogen and oxygen atoms in total. The van der Waals surface area contributed by atoms with Crippen LogP contribution in [0.2, 0.25) is 0 Å². The maximum absolute atomic E-state index is 11.7. The summed E-state index contributed by atoms with van der Waals surface area (Å²) in [5.41, 5.74) is 0.808. The maximum Gasteiger partial charge on any atom is 0.176 e. The van der Waals surface area contributed by atoms with Crippen LogP contribution in [0.15, 0.2) is 30.3 Å². The van der Waals surface area contributed by atoms with Crippen molar-refractivity contribution in [2.45, 2.75) is 31.7 Å². The summed E-state index contributed by atoms with van der Waals surface area (Å²) in [5.74, 6) is 0.197. The second-order valence-corrected chi connectivity index (χ2v) is 4.15. The highest BCUT2D eigenvalue weighted by Crippen LogP contribution is 2.17. The highest BCUT2D eigenvalue weighted by molar-refractivity contribution is 5.97. The SMILES string of the molecule is O=C(CNC1CCCC1)c1ccccc1. The maximum atomic E-state index is 11.7. The quantitative estimate of drug-likeness (QED) is 0.761. The Morgan fingerprint density at radius 1 is 1.20 bits per heavy atom. The first kappa shape index (κ1) is 10.4. The molecular formula is C13H17NO. The summed E-state index contributed by atoms with van der Waals surface area (Å²) in [6.07, 6.45) is 5.05. The minimum absolute atomic E-state index is 0.197. The third-order valence-corrected chi connectivity index (χ3v) is 3.00. The number of ketones is 1. The van der Waals surface area contributed by atoms with Gasteiger partial charge in [0.25, 0.3) is 0 Å². The van der Waals surface area contributed by atoms with Gasteiger partial charge in [-0.15, -0.1) is 0 Å². The topological polar surface area (TPSA) is 29.1 Å². The molecule has 0 atom stereocenters. The van der Waals surface area contributed by atoms with Crippen LogP contribution in [0.3, 0.4) is 0 Å². The molecule has 1 fully saturated rings. The van der Waals surface area contributed by atoms with Crippen LogP contribution in [0.1, 0.15) is 36.0 Å². The molecule has 2 rings (SSSR count). The minimum Gasteiger partial charge on any atom is -0.307 e. The van der Waals surface area contributed by atoms with Gasteiger partial charge in [-0.2, -0.15) is 0 Å². The molecule has 0 aromatic heterocycles. The van der Waals surface area contributed by atoms with Gasteiger partial charge >= 0.3 is 0 Å². The molecule has 2 heteroatoms. The van der Waals surface area contributed by atoms with E-state index >= 15 is 0 Å². The molecule has 1 aliphatic rings. The van der Waals surface area contributed by atoms with Crippen LogP contribution in [-0.4, -0.2) is 18.4 Å². The van der Waals surface area contributed by atoms with Crippen LogP contribution >= 0.6 is 0 Å². The molecule has 1 aromatic rings. The number of nitrogens with one attached hydrogen (secondary N) is 1. The van der Waals surface area contributed by atoms with Crippen LogP contribution in [0.25, 0.3) is 0 Å². The number of rotatable bonds is 4. The summed E-state index contributed by atoms with van der Waals surface area (Å²) in [5, 5.41) is 3.33. The van der Waals surface area contributed by atoms with Crippen molar-refractivity contribution < 1.29 is 4.79 Å². The van der Waals surface area contributed by atoms with Gasteiger partial charge in [0.2, 0.25) is 0 Å². The second-order valence-electron chi connectivity index (χ2n) is 4.15. The largest absolute Gasteiger partial charge is 0.307 e. The molecule has 0 heterocycles. The van der Waals surface area contributed by atoms with Gasteiger partial charge in [0.05, 0.1) is 6.54 Å². The smallest absolute Gasteiger partial charge is 0.176 e. The summed E-state index contributed by atoms with van der Waals surface area (Å²) in [7, 11) is 0. The van der Waals surface area contributed by atoms with E-state index in [0.29, 0.717) is 12.6 Å². The van der Waals surface area contributed by atoms with Gasteiger partial charge in [-0.05, 0) is 12.8 Å². The molecule has 0 radical (unpaired) electrons. The van der Waals surface area contributed by atoms with Crippen molar-refractivity contribution in [2.24, 2.45) is 0 Å². The summed E-state index contributed by atoms with van der Waals surface area (Å²) in [6.45, 7) is 0.481. The fraction of sp³-hybridized carbons (Fsp3) is 0.462. The first-order chi connectivity index (χ1) is 7.36. The van der Waals surface area contributed by atoms with E-state index in [-0.39, 0.29) is 5.78 Å². The van der Waals surface area contributed by atoms with Gasteiger partial charge in [-0.25, -0.2) is 0 Å². The summed E-state index contributed by atoms with van der Waals surface area (Å²) in [4.78, 5) is 11.7. The molecule has 0 amide bonds. The van der Waals surface area contributed by atoms with Crippen LogP contribution in [0, 0.1) is 0 Å². The Morgan fingerprint density at radius 3 is 2.53 bits per heavy atom. The summed E-state index contributed by atoms with van der Waals surface area (Å²) >= 11 is 0. The predicted molar refractivity (Wildman–Crippen MR) is 61.0 cm³/mol. The lowest BCUT2D eigenvalue weighted by Gasteiger charge is -2.10. The lowest BCUT2D eigenvalue weighted by Crippen LogP contribution is -2.31. The average molecular weight is 203 g/mol. The fourth-order valence-corrected chi connectivity index (χ4v) is 2.09. The molecule has 0 saturated heterocycles. The molecular weight excluding hydrogens is 186 g/mol. The number of hydrogen-bond donors (Lipinski definition) is 1. The lowest BCUT2D eigenvalue weighted by atomic mass is 10.1. The van der Waals surface area contributed by atoms with Gasteiger partial charge in [0.15, 0.2) is 5.78 Å². The Morgan fingerprint density at radius 2 is 1.87 bits per heavy atom. The van der Waals surface area contributed by atoms with Gasteiger partial charge in [0.1, 0.15) is 0 Å². The Labute approximate surface area is 90.7 Å². The zero-order valence-corrected chi connectivity index (χ0v) is 8.91. The zero-order chi connectivity index (χ0) is 10.5. The molecule has 1 N–H and O–H groups in total. The molecule has 0 unspecified atom stereocenters. The van der Waals surface area contributed by atoms with Crippen LogP contribution in [-0.2, 0) is 0 Å². The van der Waals surface area contributed by atoms with E-state index in [9.17, 15) is 4.79 Å². The third-order valence-electron chi connectivity index (χ3n) is 3.00. The van der Waals surface area contributed by atoms with Crippen molar-refractivity contribution in [3.63, 3.8) is 0 Å². The van der Waals surface area contributed by atoms with E-state index in [1.807, 2.05) is 30.3 Å². The average Bonchev–Trinajstić information content (AvgIpc) is 2.80. The normalized spacial score (nSPS) is 16.8. The van der Waals surface area contributed by atoms with Crippen molar-refractivity contribution in [2.75, 3.05) is 6.54 Å². The highest BCUT2D eigenvalue weighted by Gasteiger charge is 2.15.